The number of nitrogens with zero attached hydrogens (tertiary/aromatic N) is 2. The Morgan fingerprint density at radius 2 is 2.47 bits per heavy atom. The highest BCUT2D eigenvalue weighted by molar-refractivity contribution is 6.33. The molecule has 0 radical (unpaired) electrons. The van der Waals surface area contributed by atoms with Crippen LogP contribution in [0.15, 0.2) is 12.3 Å². The Morgan fingerprint density at radius 3 is 3.13 bits per heavy atom. The zero-order valence-corrected chi connectivity index (χ0v) is 9.37. The highest BCUT2D eigenvalue weighted by Crippen LogP contribution is 2.26. The zero-order valence-electron chi connectivity index (χ0n) is 8.61. The molecule has 0 saturated carbocycles. The van der Waals surface area contributed by atoms with Crippen molar-refractivity contribution in [3.63, 3.8) is 0 Å². The Labute approximate surface area is 94.0 Å². The second-order valence-corrected chi connectivity index (χ2v) is 4.11. The Hall–Kier alpha value is -1.00. The van der Waals surface area contributed by atoms with E-state index in [1.165, 1.54) is 0 Å². The van der Waals surface area contributed by atoms with Crippen molar-refractivity contribution >= 4 is 23.1 Å². The topological polar surface area (TPSA) is 51.4 Å². The Bertz CT molecular complexity index is 359. The molecule has 2 N–H and O–H groups in total. The van der Waals surface area contributed by atoms with Crippen molar-refractivity contribution in [2.24, 2.45) is 0 Å². The van der Waals surface area contributed by atoms with E-state index in [0.717, 1.165) is 18.9 Å². The van der Waals surface area contributed by atoms with E-state index in [-0.39, 0.29) is 6.10 Å². The molecule has 1 aliphatic rings. The number of nitrogen functional groups attached to an aromatic ring is 1. The van der Waals surface area contributed by atoms with Crippen LogP contribution in [0.1, 0.15) is 6.92 Å². The number of nitrogens with two attached hydrogens (primary N) is 1. The van der Waals surface area contributed by atoms with Gasteiger partial charge in [-0.05, 0) is 13.0 Å². The van der Waals surface area contributed by atoms with Crippen LogP contribution in [0, 0.1) is 0 Å². The first-order valence-corrected chi connectivity index (χ1v) is 5.32. The van der Waals surface area contributed by atoms with Crippen molar-refractivity contribution in [1.82, 2.24) is 4.98 Å². The van der Waals surface area contributed by atoms with E-state index < -0.39 is 0 Å². The van der Waals surface area contributed by atoms with Crippen molar-refractivity contribution in [2.45, 2.75) is 13.0 Å². The van der Waals surface area contributed by atoms with Crippen LogP contribution in [0.4, 0.5) is 11.5 Å². The molecule has 0 aliphatic carbocycles. The van der Waals surface area contributed by atoms with Crippen LogP contribution in [0.5, 0.6) is 0 Å². The molecule has 0 spiro atoms. The molecular weight excluding hydrogens is 214 g/mol. The van der Waals surface area contributed by atoms with Gasteiger partial charge in [0.25, 0.3) is 0 Å². The first kappa shape index (κ1) is 10.5. The molecule has 1 saturated heterocycles. The van der Waals surface area contributed by atoms with Gasteiger partial charge < -0.3 is 15.4 Å². The normalized spacial score (nSPS) is 21.7. The van der Waals surface area contributed by atoms with Crippen molar-refractivity contribution in [2.75, 3.05) is 30.3 Å². The molecule has 1 aliphatic heterocycles. The van der Waals surface area contributed by atoms with Gasteiger partial charge in [0.15, 0.2) is 0 Å². The highest BCUT2D eigenvalue weighted by Gasteiger charge is 2.19. The third-order valence-corrected chi connectivity index (χ3v) is 2.66. The fourth-order valence-electron chi connectivity index (χ4n) is 1.69. The second kappa shape index (κ2) is 4.24. The Kier molecular flexibility index (Phi) is 2.98. The maximum atomic E-state index is 6.09. The van der Waals surface area contributed by atoms with Crippen molar-refractivity contribution in [1.29, 1.82) is 0 Å². The maximum absolute atomic E-state index is 6.09. The lowest BCUT2D eigenvalue weighted by molar-refractivity contribution is 0.0529. The lowest BCUT2D eigenvalue weighted by Crippen LogP contribution is -2.41. The van der Waals surface area contributed by atoms with E-state index >= 15 is 0 Å². The van der Waals surface area contributed by atoms with E-state index in [2.05, 4.69) is 9.88 Å². The van der Waals surface area contributed by atoms with Gasteiger partial charge in [-0.25, -0.2) is 4.98 Å². The first-order valence-electron chi connectivity index (χ1n) is 4.94. The van der Waals surface area contributed by atoms with Gasteiger partial charge in [-0.1, -0.05) is 11.6 Å². The lowest BCUT2D eigenvalue weighted by Gasteiger charge is -2.32. The minimum atomic E-state index is 0.217. The highest BCUT2D eigenvalue weighted by atomic mass is 35.5. The molecule has 4 nitrogen and oxygen atoms in total. The van der Waals surface area contributed by atoms with Gasteiger partial charge in [-0.15, -0.1) is 0 Å². The molecule has 1 aromatic rings. The fraction of sp³-hybridized carbons (Fsp3) is 0.500. The Balaban J connectivity index is 2.21. The van der Waals surface area contributed by atoms with E-state index in [9.17, 15) is 0 Å². The van der Waals surface area contributed by atoms with Gasteiger partial charge in [-0.3, -0.25) is 0 Å². The number of pyridine rings is 1. The summed E-state index contributed by atoms with van der Waals surface area (Å²) in [6, 6.07) is 1.73. The van der Waals surface area contributed by atoms with Crippen LogP contribution in [0.25, 0.3) is 0 Å². The second-order valence-electron chi connectivity index (χ2n) is 3.70. The zero-order chi connectivity index (χ0) is 10.8. The molecule has 2 heterocycles. The molecule has 2 rings (SSSR count). The van der Waals surface area contributed by atoms with Crippen LogP contribution >= 0.6 is 11.6 Å². The summed E-state index contributed by atoms with van der Waals surface area (Å²) in [5.74, 6) is 0.793. The number of morpholine rings is 1. The summed E-state index contributed by atoms with van der Waals surface area (Å²) < 4.78 is 5.46. The summed E-state index contributed by atoms with van der Waals surface area (Å²) >= 11 is 6.09. The van der Waals surface area contributed by atoms with Crippen LogP contribution in [0.3, 0.4) is 0 Å². The molecule has 1 aromatic heterocycles. The molecule has 1 atom stereocenters. The molecule has 0 aromatic carbocycles. The van der Waals surface area contributed by atoms with Crippen molar-refractivity contribution in [3.8, 4) is 0 Å². The van der Waals surface area contributed by atoms with Gasteiger partial charge in [-0.2, -0.15) is 0 Å². The minimum absolute atomic E-state index is 0.217. The van der Waals surface area contributed by atoms with E-state index in [4.69, 9.17) is 22.1 Å². The summed E-state index contributed by atoms with van der Waals surface area (Å²) in [7, 11) is 0. The summed E-state index contributed by atoms with van der Waals surface area (Å²) in [4.78, 5) is 6.37. The standard InChI is InChI=1S/C10H14ClN3O/c1-7-6-14(2-3-15-7)10-9(11)4-8(12)5-13-10/h4-5,7H,2-3,6,12H2,1H3/t7-/m1/s1. The Morgan fingerprint density at radius 1 is 1.67 bits per heavy atom. The molecule has 5 heteroatoms. The average Bonchev–Trinajstić information content (AvgIpc) is 2.17. The van der Waals surface area contributed by atoms with Crippen molar-refractivity contribution in [3.05, 3.63) is 17.3 Å². The van der Waals surface area contributed by atoms with E-state index in [1.807, 2.05) is 6.92 Å². The van der Waals surface area contributed by atoms with Crippen LogP contribution in [-0.2, 0) is 4.74 Å². The van der Waals surface area contributed by atoms with Crippen molar-refractivity contribution < 1.29 is 4.74 Å². The fourth-order valence-corrected chi connectivity index (χ4v) is 1.98. The molecule has 0 unspecified atom stereocenters. The quantitative estimate of drug-likeness (QED) is 0.791. The number of hydrogen-bond acceptors (Lipinski definition) is 4. The van der Waals surface area contributed by atoms with Gasteiger partial charge >= 0.3 is 0 Å². The van der Waals surface area contributed by atoms with Gasteiger partial charge in [0.1, 0.15) is 5.82 Å². The number of halogens is 1. The average molecular weight is 228 g/mol. The van der Waals surface area contributed by atoms with Crippen LogP contribution in [0.2, 0.25) is 5.02 Å². The monoisotopic (exact) mass is 227 g/mol. The molecule has 82 valence electrons. The molecule has 15 heavy (non-hydrogen) atoms. The van der Waals surface area contributed by atoms with Gasteiger partial charge in [0, 0.05) is 13.1 Å². The molecular formula is C10H14ClN3O. The first-order chi connectivity index (χ1) is 7.16. The van der Waals surface area contributed by atoms with Crippen LogP contribution in [-0.4, -0.2) is 30.8 Å². The summed E-state index contributed by atoms with van der Waals surface area (Å²) in [5, 5.41) is 0.601. The summed E-state index contributed by atoms with van der Waals surface area (Å²) in [5.41, 5.74) is 6.18. The van der Waals surface area contributed by atoms with Gasteiger partial charge in [0.2, 0.25) is 0 Å². The lowest BCUT2D eigenvalue weighted by atomic mass is 10.3. The molecule has 0 amide bonds. The molecule has 0 bridgehead atoms. The predicted octanol–water partition coefficient (Wildman–Crippen LogP) is 1.54. The van der Waals surface area contributed by atoms with E-state index in [0.29, 0.717) is 17.3 Å². The van der Waals surface area contributed by atoms with Gasteiger partial charge in [0.05, 0.1) is 29.6 Å². The minimum Gasteiger partial charge on any atom is -0.397 e. The number of hydrogen-bond donors (Lipinski definition) is 1. The predicted molar refractivity (Wildman–Crippen MR) is 61.3 cm³/mol. The number of ether oxygens (including phenoxy) is 1. The summed E-state index contributed by atoms with van der Waals surface area (Å²) in [6.45, 7) is 4.39. The third-order valence-electron chi connectivity index (χ3n) is 2.38. The molecule has 1 fully saturated rings. The SMILES string of the molecule is C[C@@H]1CN(c2ncc(N)cc2Cl)CCO1. The number of rotatable bonds is 1. The number of anilines is 2. The van der Waals surface area contributed by atoms with E-state index in [1.54, 1.807) is 12.3 Å². The third kappa shape index (κ3) is 2.33. The summed E-state index contributed by atoms with van der Waals surface area (Å²) in [6.07, 6.45) is 1.84. The number of aromatic nitrogens is 1. The largest absolute Gasteiger partial charge is 0.397 e. The van der Waals surface area contributed by atoms with Crippen LogP contribution < -0.4 is 10.6 Å². The smallest absolute Gasteiger partial charge is 0.147 e. The maximum Gasteiger partial charge on any atom is 0.147 e.